The highest BCUT2D eigenvalue weighted by Gasteiger charge is 2.55. The number of nitrogens with two attached hydrogens (primary N) is 1. The van der Waals surface area contributed by atoms with Crippen molar-refractivity contribution in [2.75, 3.05) is 13.1 Å². The summed E-state index contributed by atoms with van der Waals surface area (Å²) in [5.74, 6) is 0.573. The van der Waals surface area contributed by atoms with Gasteiger partial charge >= 0.3 is 13.0 Å². The van der Waals surface area contributed by atoms with Gasteiger partial charge in [-0.05, 0) is 59.6 Å². The summed E-state index contributed by atoms with van der Waals surface area (Å²) in [6.07, 6.45) is -3.84. The SMILES string of the molecule is NC(=O)c1nc(Cc2cccc(OC(F)(F)F)c2)sc1CC1C2CN(Cc3ccc(OC(F)F)cc3)CC12. The number of alkyl halides is 5. The number of fused-ring (bicyclic) bond motifs is 1. The second-order valence-electron chi connectivity index (χ2n) is 9.53. The summed E-state index contributed by atoms with van der Waals surface area (Å²) in [6, 6.07) is 12.3. The van der Waals surface area contributed by atoms with Crippen LogP contribution in [-0.2, 0) is 19.4 Å². The molecule has 38 heavy (non-hydrogen) atoms. The molecule has 2 aliphatic rings. The Balaban J connectivity index is 1.17. The number of likely N-dealkylation sites (tertiary alicyclic amines) is 1. The first-order chi connectivity index (χ1) is 18.0. The van der Waals surface area contributed by atoms with Crippen molar-refractivity contribution in [2.24, 2.45) is 23.5 Å². The number of carbonyl (C=O) groups excluding carboxylic acids is 1. The molecule has 0 spiro atoms. The molecule has 1 saturated heterocycles. The average Bonchev–Trinajstić information content (AvgIpc) is 3.14. The topological polar surface area (TPSA) is 77.7 Å². The summed E-state index contributed by atoms with van der Waals surface area (Å²) in [6.45, 7) is -0.344. The van der Waals surface area contributed by atoms with Gasteiger partial charge in [0.2, 0.25) is 0 Å². The molecule has 5 rings (SSSR count). The molecule has 3 aromatic rings. The standard InChI is InChI=1S/C26H24F5N3O3S/c27-25(28)36-16-6-4-14(5-7-16)11-34-12-19-18(20(19)13-34)10-21-23(24(32)35)33-22(38-21)9-15-2-1-3-17(8-15)37-26(29,30)31/h1-8,18-20,25H,9-13H2,(H2,32,35). The van der Waals surface area contributed by atoms with E-state index in [-0.39, 0.29) is 23.6 Å². The lowest BCUT2D eigenvalue weighted by molar-refractivity contribution is -0.274. The van der Waals surface area contributed by atoms with Crippen molar-refractivity contribution in [1.29, 1.82) is 0 Å². The molecule has 1 aliphatic heterocycles. The van der Waals surface area contributed by atoms with Crippen LogP contribution in [0.2, 0.25) is 0 Å². The van der Waals surface area contributed by atoms with Crippen LogP contribution in [0.3, 0.4) is 0 Å². The fourth-order valence-corrected chi connectivity index (χ4v) is 6.43. The van der Waals surface area contributed by atoms with E-state index in [1.807, 2.05) is 0 Å². The van der Waals surface area contributed by atoms with E-state index in [9.17, 15) is 26.7 Å². The molecule has 1 saturated carbocycles. The van der Waals surface area contributed by atoms with Gasteiger partial charge < -0.3 is 15.2 Å². The second kappa shape index (κ2) is 10.5. The number of carbonyl (C=O) groups is 1. The van der Waals surface area contributed by atoms with E-state index in [2.05, 4.69) is 19.4 Å². The minimum atomic E-state index is -4.78. The van der Waals surface area contributed by atoms with Crippen molar-refractivity contribution in [3.63, 3.8) is 0 Å². The average molecular weight is 554 g/mol. The predicted molar refractivity (Wildman–Crippen MR) is 129 cm³/mol. The molecule has 2 atom stereocenters. The number of benzene rings is 2. The highest BCUT2D eigenvalue weighted by atomic mass is 32.1. The zero-order chi connectivity index (χ0) is 27.0. The number of thiazole rings is 1. The number of rotatable bonds is 10. The Hall–Kier alpha value is -3.25. The molecular formula is C26H24F5N3O3S. The van der Waals surface area contributed by atoms with Crippen molar-refractivity contribution >= 4 is 17.2 Å². The van der Waals surface area contributed by atoms with Crippen LogP contribution < -0.4 is 15.2 Å². The second-order valence-corrected chi connectivity index (χ2v) is 10.7. The maximum atomic E-state index is 12.5. The van der Waals surface area contributed by atoms with Gasteiger partial charge in [0, 0.05) is 30.9 Å². The van der Waals surface area contributed by atoms with Gasteiger partial charge in [-0.3, -0.25) is 9.69 Å². The normalized spacial score (nSPS) is 20.9. The van der Waals surface area contributed by atoms with Gasteiger partial charge in [-0.1, -0.05) is 24.3 Å². The Labute approximate surface area is 219 Å². The summed E-state index contributed by atoms with van der Waals surface area (Å²) < 4.78 is 70.6. The van der Waals surface area contributed by atoms with Crippen molar-refractivity contribution in [1.82, 2.24) is 9.88 Å². The van der Waals surface area contributed by atoms with Gasteiger partial charge in [0.15, 0.2) is 0 Å². The molecule has 6 nitrogen and oxygen atoms in total. The molecule has 2 unspecified atom stereocenters. The molecule has 0 bridgehead atoms. The monoisotopic (exact) mass is 553 g/mol. The molecule has 1 amide bonds. The molecular weight excluding hydrogens is 529 g/mol. The van der Waals surface area contributed by atoms with Crippen molar-refractivity contribution in [2.45, 2.75) is 32.4 Å². The summed E-state index contributed by atoms with van der Waals surface area (Å²) >= 11 is 1.36. The number of primary amides is 1. The maximum absolute atomic E-state index is 12.5. The van der Waals surface area contributed by atoms with Crippen molar-refractivity contribution in [3.8, 4) is 11.5 Å². The van der Waals surface area contributed by atoms with Crippen LogP contribution in [0.4, 0.5) is 22.0 Å². The molecule has 2 aromatic carbocycles. The Morgan fingerprint density at radius 2 is 1.79 bits per heavy atom. The smallest absolute Gasteiger partial charge is 0.435 e. The van der Waals surface area contributed by atoms with Crippen molar-refractivity contribution < 1.29 is 36.2 Å². The summed E-state index contributed by atoms with van der Waals surface area (Å²) in [5.41, 5.74) is 7.39. The first kappa shape index (κ1) is 26.4. The van der Waals surface area contributed by atoms with Crippen LogP contribution in [-0.4, -0.2) is 41.9 Å². The zero-order valence-corrected chi connectivity index (χ0v) is 20.8. The summed E-state index contributed by atoms with van der Waals surface area (Å²) in [5, 5.41) is 0.602. The highest BCUT2D eigenvalue weighted by molar-refractivity contribution is 7.12. The van der Waals surface area contributed by atoms with Gasteiger partial charge in [0.25, 0.3) is 5.91 Å². The third-order valence-corrected chi connectivity index (χ3v) is 7.96. The lowest BCUT2D eigenvalue weighted by Gasteiger charge is -2.19. The van der Waals surface area contributed by atoms with Crippen LogP contribution in [0.5, 0.6) is 11.5 Å². The van der Waals surface area contributed by atoms with Gasteiger partial charge in [-0.2, -0.15) is 8.78 Å². The van der Waals surface area contributed by atoms with E-state index in [0.29, 0.717) is 41.3 Å². The minimum absolute atomic E-state index is 0.129. The number of hydrogen-bond donors (Lipinski definition) is 1. The molecule has 202 valence electrons. The maximum Gasteiger partial charge on any atom is 0.573 e. The van der Waals surface area contributed by atoms with Gasteiger partial charge in [-0.25, -0.2) is 4.98 Å². The fourth-order valence-electron chi connectivity index (χ4n) is 5.25. The Morgan fingerprint density at radius 3 is 2.42 bits per heavy atom. The van der Waals surface area contributed by atoms with E-state index >= 15 is 0 Å². The Bertz CT molecular complexity index is 1290. The largest absolute Gasteiger partial charge is 0.573 e. The van der Waals surface area contributed by atoms with Gasteiger partial charge in [0.1, 0.15) is 17.2 Å². The molecule has 1 aliphatic carbocycles. The van der Waals surface area contributed by atoms with Crippen LogP contribution in [0.1, 0.15) is 31.5 Å². The van der Waals surface area contributed by atoms with E-state index in [1.165, 1.54) is 41.7 Å². The fraction of sp³-hybridized carbons (Fsp3) is 0.385. The number of nitrogens with zero attached hydrogens (tertiary/aromatic N) is 2. The number of halogens is 5. The predicted octanol–water partition coefficient (Wildman–Crippen LogP) is 5.25. The van der Waals surface area contributed by atoms with Crippen LogP contribution in [0.25, 0.3) is 0 Å². The molecule has 0 radical (unpaired) electrons. The Morgan fingerprint density at radius 1 is 1.08 bits per heavy atom. The molecule has 2 heterocycles. The summed E-state index contributed by atoms with van der Waals surface area (Å²) in [7, 11) is 0. The number of amides is 1. The zero-order valence-electron chi connectivity index (χ0n) is 20.0. The van der Waals surface area contributed by atoms with Gasteiger partial charge in [0.05, 0.1) is 5.01 Å². The Kier molecular flexibility index (Phi) is 7.28. The molecule has 12 heteroatoms. The number of ether oxygens (including phenoxy) is 2. The minimum Gasteiger partial charge on any atom is -0.435 e. The van der Waals surface area contributed by atoms with E-state index in [0.717, 1.165) is 23.5 Å². The first-order valence-electron chi connectivity index (χ1n) is 11.9. The highest BCUT2D eigenvalue weighted by Crippen LogP contribution is 2.54. The van der Waals surface area contributed by atoms with Crippen LogP contribution in [0.15, 0.2) is 48.5 Å². The molecule has 1 aromatic heterocycles. The number of aromatic nitrogens is 1. The van der Waals surface area contributed by atoms with Crippen molar-refractivity contribution in [3.05, 3.63) is 75.2 Å². The molecule has 2 N–H and O–H groups in total. The third kappa shape index (κ3) is 6.41. The van der Waals surface area contributed by atoms with E-state index < -0.39 is 18.9 Å². The lowest BCUT2D eigenvalue weighted by atomic mass is 10.1. The van der Waals surface area contributed by atoms with Crippen LogP contribution >= 0.6 is 11.3 Å². The first-order valence-corrected chi connectivity index (χ1v) is 12.7. The van der Waals surface area contributed by atoms with Gasteiger partial charge in [-0.15, -0.1) is 24.5 Å². The van der Waals surface area contributed by atoms with E-state index in [4.69, 9.17) is 5.73 Å². The number of hydrogen-bond acceptors (Lipinski definition) is 6. The molecule has 2 fully saturated rings. The third-order valence-electron chi connectivity index (χ3n) is 6.89. The number of piperidine rings is 1. The van der Waals surface area contributed by atoms with Crippen LogP contribution in [0, 0.1) is 17.8 Å². The lowest BCUT2D eigenvalue weighted by Crippen LogP contribution is -2.24. The summed E-state index contributed by atoms with van der Waals surface area (Å²) in [4.78, 5) is 19.6. The quantitative estimate of drug-likeness (QED) is 0.347. The van der Waals surface area contributed by atoms with E-state index in [1.54, 1.807) is 18.2 Å².